The van der Waals surface area contributed by atoms with E-state index in [4.69, 9.17) is 0 Å². The summed E-state index contributed by atoms with van der Waals surface area (Å²) in [7, 11) is 0. The van der Waals surface area contributed by atoms with Gasteiger partial charge in [0.2, 0.25) is 0 Å². The Morgan fingerprint density at radius 3 is 2.56 bits per heavy atom. The Labute approximate surface area is 96.3 Å². The van der Waals surface area contributed by atoms with Crippen LogP contribution in [0.15, 0.2) is 6.20 Å². The maximum Gasteiger partial charge on any atom is 0.150 e. The van der Waals surface area contributed by atoms with Crippen LogP contribution in [-0.2, 0) is 0 Å². The van der Waals surface area contributed by atoms with Gasteiger partial charge in [0.05, 0.1) is 17.0 Å². The third kappa shape index (κ3) is 2.32. The summed E-state index contributed by atoms with van der Waals surface area (Å²) in [6.45, 7) is 7.54. The monoisotopic (exact) mass is 221 g/mol. The topological polar surface area (TPSA) is 49.2 Å². The molecule has 4 heteroatoms. The smallest absolute Gasteiger partial charge is 0.150 e. The first-order chi connectivity index (χ1) is 7.48. The van der Waals surface area contributed by atoms with E-state index in [9.17, 15) is 5.11 Å². The third-order valence-corrected chi connectivity index (χ3v) is 3.19. The predicted octanol–water partition coefficient (Wildman–Crippen LogP) is 1.44. The van der Waals surface area contributed by atoms with Crippen LogP contribution in [0.4, 0.5) is 5.82 Å². The maximum absolute atomic E-state index is 9.90. The second-order valence-corrected chi connectivity index (χ2v) is 4.90. The van der Waals surface area contributed by atoms with E-state index < -0.39 is 5.60 Å². The SMILES string of the molecule is Cc1cnc(C)c(N2CCC(C)(O)CC2)n1. The zero-order chi connectivity index (χ0) is 11.8. The molecule has 1 saturated heterocycles. The summed E-state index contributed by atoms with van der Waals surface area (Å²) in [5.74, 6) is 0.968. The first-order valence-corrected chi connectivity index (χ1v) is 5.75. The number of aromatic nitrogens is 2. The van der Waals surface area contributed by atoms with Crippen molar-refractivity contribution in [1.82, 2.24) is 9.97 Å². The van der Waals surface area contributed by atoms with Gasteiger partial charge in [-0.3, -0.25) is 4.98 Å². The Morgan fingerprint density at radius 1 is 1.31 bits per heavy atom. The van der Waals surface area contributed by atoms with Crippen molar-refractivity contribution in [3.63, 3.8) is 0 Å². The molecule has 0 spiro atoms. The van der Waals surface area contributed by atoms with Crippen LogP contribution >= 0.6 is 0 Å². The summed E-state index contributed by atoms with van der Waals surface area (Å²) >= 11 is 0. The molecule has 0 atom stereocenters. The molecule has 0 radical (unpaired) electrons. The molecule has 1 N–H and O–H groups in total. The molecule has 2 heterocycles. The summed E-state index contributed by atoms with van der Waals surface area (Å²) in [6.07, 6.45) is 3.38. The number of anilines is 1. The molecule has 0 aromatic carbocycles. The fraction of sp³-hybridized carbons (Fsp3) is 0.667. The number of aliphatic hydroxyl groups is 1. The average Bonchev–Trinajstić information content (AvgIpc) is 2.22. The van der Waals surface area contributed by atoms with Gasteiger partial charge in [-0.05, 0) is 33.6 Å². The zero-order valence-electron chi connectivity index (χ0n) is 10.2. The molecule has 4 nitrogen and oxygen atoms in total. The fourth-order valence-electron chi connectivity index (χ4n) is 2.02. The number of hydrogen-bond acceptors (Lipinski definition) is 4. The van der Waals surface area contributed by atoms with Crippen molar-refractivity contribution >= 4 is 5.82 Å². The summed E-state index contributed by atoms with van der Waals surface area (Å²) in [6, 6.07) is 0. The lowest BCUT2D eigenvalue weighted by atomic mass is 9.94. The van der Waals surface area contributed by atoms with Gasteiger partial charge in [0.25, 0.3) is 0 Å². The Hall–Kier alpha value is -1.16. The van der Waals surface area contributed by atoms with E-state index in [1.165, 1.54) is 0 Å². The molecule has 1 aliphatic heterocycles. The Bertz CT molecular complexity index is 380. The van der Waals surface area contributed by atoms with Crippen molar-refractivity contribution in [2.45, 2.75) is 39.2 Å². The predicted molar refractivity (Wildman–Crippen MR) is 63.6 cm³/mol. The highest BCUT2D eigenvalue weighted by Gasteiger charge is 2.28. The Balaban J connectivity index is 2.17. The van der Waals surface area contributed by atoms with Gasteiger partial charge in [-0.1, -0.05) is 0 Å². The quantitative estimate of drug-likeness (QED) is 0.779. The number of hydrogen-bond donors (Lipinski definition) is 1. The Kier molecular flexibility index (Phi) is 2.84. The van der Waals surface area contributed by atoms with E-state index >= 15 is 0 Å². The lowest BCUT2D eigenvalue weighted by molar-refractivity contribution is 0.0350. The minimum Gasteiger partial charge on any atom is -0.390 e. The van der Waals surface area contributed by atoms with Gasteiger partial charge in [-0.25, -0.2) is 4.98 Å². The number of piperidine rings is 1. The molecular formula is C12H19N3O. The second kappa shape index (κ2) is 4.01. The highest BCUT2D eigenvalue weighted by Crippen LogP contribution is 2.25. The molecule has 0 unspecified atom stereocenters. The molecule has 0 bridgehead atoms. The van der Waals surface area contributed by atoms with Gasteiger partial charge in [0.1, 0.15) is 5.82 Å². The zero-order valence-corrected chi connectivity index (χ0v) is 10.2. The van der Waals surface area contributed by atoms with Gasteiger partial charge in [0.15, 0.2) is 0 Å². The summed E-state index contributed by atoms with van der Waals surface area (Å²) in [5.41, 5.74) is 1.40. The van der Waals surface area contributed by atoms with Crippen molar-refractivity contribution < 1.29 is 5.11 Å². The van der Waals surface area contributed by atoms with Crippen LogP contribution in [0.25, 0.3) is 0 Å². The maximum atomic E-state index is 9.90. The molecule has 0 saturated carbocycles. The largest absolute Gasteiger partial charge is 0.390 e. The molecule has 0 amide bonds. The molecule has 1 aromatic heterocycles. The van der Waals surface area contributed by atoms with Crippen LogP contribution in [0.5, 0.6) is 0 Å². The first-order valence-electron chi connectivity index (χ1n) is 5.75. The van der Waals surface area contributed by atoms with E-state index in [0.717, 1.165) is 43.1 Å². The average molecular weight is 221 g/mol. The lowest BCUT2D eigenvalue weighted by Gasteiger charge is -2.36. The first kappa shape index (κ1) is 11.3. The van der Waals surface area contributed by atoms with Crippen LogP contribution in [0.1, 0.15) is 31.2 Å². The second-order valence-electron chi connectivity index (χ2n) is 4.90. The molecule has 16 heavy (non-hydrogen) atoms. The van der Waals surface area contributed by atoms with Crippen LogP contribution < -0.4 is 4.90 Å². The van der Waals surface area contributed by atoms with Crippen molar-refractivity contribution in [2.24, 2.45) is 0 Å². The minimum absolute atomic E-state index is 0.512. The highest BCUT2D eigenvalue weighted by molar-refractivity contribution is 5.43. The fourth-order valence-corrected chi connectivity index (χ4v) is 2.02. The molecule has 2 rings (SSSR count). The summed E-state index contributed by atoms with van der Waals surface area (Å²) in [4.78, 5) is 11.1. The van der Waals surface area contributed by atoms with Gasteiger partial charge < -0.3 is 10.0 Å². The molecule has 1 fully saturated rings. The van der Waals surface area contributed by atoms with Gasteiger partial charge in [-0.2, -0.15) is 0 Å². The van der Waals surface area contributed by atoms with Crippen molar-refractivity contribution in [1.29, 1.82) is 0 Å². The summed E-state index contributed by atoms with van der Waals surface area (Å²) < 4.78 is 0. The van der Waals surface area contributed by atoms with Gasteiger partial charge in [-0.15, -0.1) is 0 Å². The molecule has 88 valence electrons. The van der Waals surface area contributed by atoms with Crippen molar-refractivity contribution in [3.8, 4) is 0 Å². The molecule has 1 aliphatic rings. The number of rotatable bonds is 1. The Morgan fingerprint density at radius 2 is 1.94 bits per heavy atom. The van der Waals surface area contributed by atoms with E-state index in [1.54, 1.807) is 6.20 Å². The van der Waals surface area contributed by atoms with Crippen molar-refractivity contribution in [3.05, 3.63) is 17.6 Å². The van der Waals surface area contributed by atoms with E-state index in [0.29, 0.717) is 0 Å². The van der Waals surface area contributed by atoms with E-state index in [1.807, 2.05) is 20.8 Å². The minimum atomic E-state index is -0.512. The lowest BCUT2D eigenvalue weighted by Crippen LogP contribution is -2.43. The van der Waals surface area contributed by atoms with Crippen molar-refractivity contribution in [2.75, 3.05) is 18.0 Å². The number of aryl methyl sites for hydroxylation is 2. The standard InChI is InChI=1S/C12H19N3O/c1-9-8-13-10(2)11(14-9)15-6-4-12(3,16)5-7-15/h8,16H,4-7H2,1-3H3. The van der Waals surface area contributed by atoms with Gasteiger partial charge in [0, 0.05) is 19.3 Å². The molecular weight excluding hydrogens is 202 g/mol. The normalized spacial score (nSPS) is 19.9. The molecule has 1 aromatic rings. The van der Waals surface area contributed by atoms with Crippen LogP contribution in [-0.4, -0.2) is 33.8 Å². The van der Waals surface area contributed by atoms with Crippen LogP contribution in [0.3, 0.4) is 0 Å². The summed E-state index contributed by atoms with van der Waals surface area (Å²) in [5, 5.41) is 9.90. The van der Waals surface area contributed by atoms with E-state index in [-0.39, 0.29) is 0 Å². The third-order valence-electron chi connectivity index (χ3n) is 3.19. The van der Waals surface area contributed by atoms with Crippen LogP contribution in [0.2, 0.25) is 0 Å². The van der Waals surface area contributed by atoms with Gasteiger partial charge >= 0.3 is 0 Å². The highest BCUT2D eigenvalue weighted by atomic mass is 16.3. The van der Waals surface area contributed by atoms with E-state index in [2.05, 4.69) is 14.9 Å². The number of nitrogens with zero attached hydrogens (tertiary/aromatic N) is 3. The molecule has 0 aliphatic carbocycles. The van der Waals surface area contributed by atoms with Crippen LogP contribution in [0, 0.1) is 13.8 Å².